The summed E-state index contributed by atoms with van der Waals surface area (Å²) in [6.07, 6.45) is -0.767. The van der Waals surface area contributed by atoms with Crippen molar-refractivity contribution in [3.05, 3.63) is 0 Å². The number of rotatable bonds is 11. The smallest absolute Gasteiger partial charge is 0.101 e. The minimum atomic E-state index is -0.703. The van der Waals surface area contributed by atoms with Crippen LogP contribution in [0.4, 0.5) is 0 Å². The second-order valence-electron chi connectivity index (χ2n) is 3.43. The van der Waals surface area contributed by atoms with Gasteiger partial charge in [-0.05, 0) is 6.42 Å². The maximum absolute atomic E-state index is 9.33. The van der Waals surface area contributed by atoms with Gasteiger partial charge >= 0.3 is 0 Å². The Bertz CT molecular complexity index is 143. The lowest BCUT2D eigenvalue weighted by atomic mass is 10.3. The topological polar surface area (TPSA) is 88.4 Å². The summed E-state index contributed by atoms with van der Waals surface area (Å²) in [5.74, 6) is 0. The standard InChI is InChI=1S/C10H22O6/c1-14-6-9(12)2-4-15-7-10(13)8-16-5-3-11/h9-13H,2-8H2,1H3. The maximum Gasteiger partial charge on any atom is 0.101 e. The van der Waals surface area contributed by atoms with Crippen LogP contribution in [0.2, 0.25) is 0 Å². The quantitative estimate of drug-likeness (QED) is 0.391. The lowest BCUT2D eigenvalue weighted by molar-refractivity contribution is -0.0336. The molecule has 0 amide bonds. The molecule has 0 aliphatic heterocycles. The zero-order valence-electron chi connectivity index (χ0n) is 9.67. The zero-order valence-corrected chi connectivity index (χ0v) is 9.67. The summed E-state index contributed by atoms with van der Waals surface area (Å²) in [5, 5.41) is 27.0. The first-order valence-corrected chi connectivity index (χ1v) is 5.32. The van der Waals surface area contributed by atoms with Crippen molar-refractivity contribution in [3.8, 4) is 0 Å². The van der Waals surface area contributed by atoms with E-state index in [0.717, 1.165) is 0 Å². The van der Waals surface area contributed by atoms with E-state index in [-0.39, 0.29) is 33.0 Å². The van der Waals surface area contributed by atoms with E-state index in [1.54, 1.807) is 0 Å². The molecule has 6 nitrogen and oxygen atoms in total. The van der Waals surface area contributed by atoms with E-state index in [4.69, 9.17) is 19.3 Å². The Morgan fingerprint density at radius 2 is 1.56 bits per heavy atom. The molecule has 2 atom stereocenters. The predicted molar refractivity (Wildman–Crippen MR) is 57.2 cm³/mol. The van der Waals surface area contributed by atoms with Crippen molar-refractivity contribution in [1.29, 1.82) is 0 Å². The van der Waals surface area contributed by atoms with E-state index in [2.05, 4.69) is 0 Å². The van der Waals surface area contributed by atoms with Crippen LogP contribution in [0.3, 0.4) is 0 Å². The summed E-state index contributed by atoms with van der Waals surface area (Å²) < 4.78 is 14.8. The fourth-order valence-corrected chi connectivity index (χ4v) is 1.05. The molecule has 3 N–H and O–H groups in total. The lowest BCUT2D eigenvalue weighted by Crippen LogP contribution is -2.24. The summed E-state index contributed by atoms with van der Waals surface area (Å²) in [6.45, 7) is 1.10. The highest BCUT2D eigenvalue weighted by Gasteiger charge is 2.06. The molecular weight excluding hydrogens is 216 g/mol. The average Bonchev–Trinajstić information content (AvgIpc) is 2.25. The first-order valence-electron chi connectivity index (χ1n) is 5.32. The molecule has 0 aliphatic carbocycles. The predicted octanol–water partition coefficient (Wildman–Crippen LogP) is -1.23. The molecule has 0 radical (unpaired) electrons. The molecule has 0 heterocycles. The third kappa shape index (κ3) is 10.3. The number of hydrogen-bond donors (Lipinski definition) is 3. The fourth-order valence-electron chi connectivity index (χ4n) is 1.05. The van der Waals surface area contributed by atoms with Crippen LogP contribution in [0.5, 0.6) is 0 Å². The minimum absolute atomic E-state index is 0.0587. The highest BCUT2D eigenvalue weighted by Crippen LogP contribution is 1.94. The number of hydrogen-bond acceptors (Lipinski definition) is 6. The van der Waals surface area contributed by atoms with Gasteiger partial charge in [0, 0.05) is 13.7 Å². The summed E-state index contributed by atoms with van der Waals surface area (Å²) in [6, 6.07) is 0. The third-order valence-corrected chi connectivity index (χ3v) is 1.81. The molecule has 0 aromatic rings. The molecule has 16 heavy (non-hydrogen) atoms. The number of aliphatic hydroxyl groups excluding tert-OH is 3. The van der Waals surface area contributed by atoms with Crippen LogP contribution in [-0.4, -0.2) is 74.3 Å². The Kier molecular flexibility index (Phi) is 11.1. The van der Waals surface area contributed by atoms with Gasteiger partial charge in [-0.1, -0.05) is 0 Å². The van der Waals surface area contributed by atoms with Crippen molar-refractivity contribution in [2.75, 3.05) is 46.8 Å². The average molecular weight is 238 g/mol. The summed E-state index contributed by atoms with van der Waals surface area (Å²) >= 11 is 0. The molecule has 6 heteroatoms. The van der Waals surface area contributed by atoms with E-state index in [1.165, 1.54) is 7.11 Å². The van der Waals surface area contributed by atoms with Crippen LogP contribution in [-0.2, 0) is 14.2 Å². The molecule has 2 unspecified atom stereocenters. The molecule has 98 valence electrons. The van der Waals surface area contributed by atoms with Crippen LogP contribution in [0, 0.1) is 0 Å². The van der Waals surface area contributed by atoms with Crippen molar-refractivity contribution in [1.82, 2.24) is 0 Å². The largest absolute Gasteiger partial charge is 0.394 e. The minimum Gasteiger partial charge on any atom is -0.394 e. The Balaban J connectivity index is 3.23. The molecule has 0 aromatic heterocycles. The third-order valence-electron chi connectivity index (χ3n) is 1.81. The van der Waals surface area contributed by atoms with Gasteiger partial charge in [-0.2, -0.15) is 0 Å². The Morgan fingerprint density at radius 1 is 0.938 bits per heavy atom. The second kappa shape index (κ2) is 11.3. The van der Waals surface area contributed by atoms with Crippen molar-refractivity contribution in [2.24, 2.45) is 0 Å². The molecule has 0 fully saturated rings. The van der Waals surface area contributed by atoms with Gasteiger partial charge in [0.25, 0.3) is 0 Å². The van der Waals surface area contributed by atoms with Gasteiger partial charge in [0.15, 0.2) is 0 Å². The van der Waals surface area contributed by atoms with Crippen molar-refractivity contribution < 1.29 is 29.5 Å². The van der Waals surface area contributed by atoms with Crippen LogP contribution in [0.1, 0.15) is 6.42 Å². The first-order chi connectivity index (χ1) is 7.70. The van der Waals surface area contributed by atoms with Crippen LogP contribution >= 0.6 is 0 Å². The Labute approximate surface area is 95.7 Å². The van der Waals surface area contributed by atoms with E-state index >= 15 is 0 Å². The number of methoxy groups -OCH3 is 1. The normalized spacial score (nSPS) is 15.0. The van der Waals surface area contributed by atoms with Crippen molar-refractivity contribution in [2.45, 2.75) is 18.6 Å². The summed E-state index contributed by atoms with van der Waals surface area (Å²) in [5.41, 5.74) is 0. The van der Waals surface area contributed by atoms with Crippen molar-refractivity contribution in [3.63, 3.8) is 0 Å². The summed E-state index contributed by atoms with van der Waals surface area (Å²) in [4.78, 5) is 0. The zero-order chi connectivity index (χ0) is 12.2. The van der Waals surface area contributed by atoms with E-state index in [9.17, 15) is 10.2 Å². The van der Waals surface area contributed by atoms with E-state index in [1.807, 2.05) is 0 Å². The SMILES string of the molecule is COCC(O)CCOCC(O)COCCO. The van der Waals surface area contributed by atoms with Gasteiger partial charge in [0.05, 0.1) is 39.1 Å². The molecule has 0 rings (SSSR count). The number of aliphatic hydroxyl groups is 3. The first kappa shape index (κ1) is 15.8. The molecule has 0 saturated heterocycles. The van der Waals surface area contributed by atoms with Gasteiger partial charge in [-0.15, -0.1) is 0 Å². The molecule has 0 bridgehead atoms. The molecule has 0 saturated carbocycles. The highest BCUT2D eigenvalue weighted by atomic mass is 16.5. The second-order valence-corrected chi connectivity index (χ2v) is 3.43. The number of ether oxygens (including phenoxy) is 3. The van der Waals surface area contributed by atoms with Crippen molar-refractivity contribution >= 4 is 0 Å². The fraction of sp³-hybridized carbons (Fsp3) is 1.00. The van der Waals surface area contributed by atoms with Gasteiger partial charge in [-0.3, -0.25) is 0 Å². The monoisotopic (exact) mass is 238 g/mol. The molecule has 0 aromatic carbocycles. The van der Waals surface area contributed by atoms with E-state index in [0.29, 0.717) is 13.0 Å². The van der Waals surface area contributed by atoms with Gasteiger partial charge in [-0.25, -0.2) is 0 Å². The molecule has 0 spiro atoms. The maximum atomic E-state index is 9.33. The highest BCUT2D eigenvalue weighted by molar-refractivity contribution is 4.54. The van der Waals surface area contributed by atoms with Gasteiger partial charge in [0.2, 0.25) is 0 Å². The van der Waals surface area contributed by atoms with E-state index < -0.39 is 12.2 Å². The van der Waals surface area contributed by atoms with Crippen LogP contribution in [0.15, 0.2) is 0 Å². The van der Waals surface area contributed by atoms with Crippen LogP contribution < -0.4 is 0 Å². The Morgan fingerprint density at radius 3 is 2.12 bits per heavy atom. The van der Waals surface area contributed by atoms with Gasteiger partial charge < -0.3 is 29.5 Å². The lowest BCUT2D eigenvalue weighted by Gasteiger charge is -2.13. The molecular formula is C10H22O6. The molecule has 0 aliphatic rings. The van der Waals surface area contributed by atoms with Crippen LogP contribution in [0.25, 0.3) is 0 Å². The van der Waals surface area contributed by atoms with Gasteiger partial charge in [0.1, 0.15) is 6.10 Å². The summed E-state index contributed by atoms with van der Waals surface area (Å²) in [7, 11) is 1.52. The Hall–Kier alpha value is -0.240.